The first-order valence-corrected chi connectivity index (χ1v) is 7.88. The summed E-state index contributed by atoms with van der Waals surface area (Å²) in [5.41, 5.74) is 2.38. The molecule has 0 saturated carbocycles. The molecule has 2 amide bonds. The highest BCUT2D eigenvalue weighted by molar-refractivity contribution is 5.94. The molecule has 0 radical (unpaired) electrons. The van der Waals surface area contributed by atoms with Crippen LogP contribution in [0.4, 0.5) is 11.4 Å². The first-order valence-electron chi connectivity index (χ1n) is 7.88. The average molecular weight is 326 g/mol. The van der Waals surface area contributed by atoms with Gasteiger partial charge in [0.1, 0.15) is 5.75 Å². The number of carbonyl (C=O) groups excluding carboxylic acids is 2. The normalized spacial score (nSPS) is 10.1. The number of benzene rings is 2. The summed E-state index contributed by atoms with van der Waals surface area (Å²) in [5, 5.41) is 5.53. The van der Waals surface area contributed by atoms with Gasteiger partial charge >= 0.3 is 0 Å². The lowest BCUT2D eigenvalue weighted by molar-refractivity contribution is -0.116. The maximum absolute atomic E-state index is 12.2. The minimum absolute atomic E-state index is 0.0794. The maximum Gasteiger partial charge on any atom is 0.224 e. The van der Waals surface area contributed by atoms with Crippen LogP contribution in [-0.4, -0.2) is 18.9 Å². The third-order valence-electron chi connectivity index (χ3n) is 3.51. The number of nitrogens with one attached hydrogen (secondary N) is 2. The molecule has 24 heavy (non-hydrogen) atoms. The molecule has 0 aromatic heterocycles. The minimum Gasteiger partial charge on any atom is -0.495 e. The van der Waals surface area contributed by atoms with Gasteiger partial charge in [0.2, 0.25) is 11.8 Å². The van der Waals surface area contributed by atoms with Gasteiger partial charge in [-0.05, 0) is 36.6 Å². The topological polar surface area (TPSA) is 67.4 Å². The molecule has 2 aromatic rings. The molecule has 0 bridgehead atoms. The highest BCUT2D eigenvalue weighted by atomic mass is 16.5. The molecule has 2 rings (SSSR count). The number of hydrogen-bond acceptors (Lipinski definition) is 3. The second-order valence-electron chi connectivity index (χ2n) is 5.48. The van der Waals surface area contributed by atoms with Crippen LogP contribution < -0.4 is 15.4 Å². The molecule has 2 N–H and O–H groups in total. The molecular weight excluding hydrogens is 304 g/mol. The zero-order chi connectivity index (χ0) is 17.4. The predicted octanol–water partition coefficient (Wildman–Crippen LogP) is 3.62. The van der Waals surface area contributed by atoms with Crippen molar-refractivity contribution in [2.24, 2.45) is 0 Å². The Hall–Kier alpha value is -2.82. The Bertz CT molecular complexity index is 699. The highest BCUT2D eigenvalue weighted by Gasteiger charge is 2.09. The van der Waals surface area contributed by atoms with Crippen LogP contribution >= 0.6 is 0 Å². The molecule has 0 atom stereocenters. The summed E-state index contributed by atoms with van der Waals surface area (Å²) in [6.07, 6.45) is 2.04. The van der Waals surface area contributed by atoms with Crippen LogP contribution in [0.3, 0.4) is 0 Å². The van der Waals surface area contributed by atoms with Crippen LogP contribution in [0.5, 0.6) is 5.75 Å². The zero-order valence-corrected chi connectivity index (χ0v) is 14.0. The summed E-state index contributed by atoms with van der Waals surface area (Å²) in [5.74, 6) is 0.310. The Kier molecular flexibility index (Phi) is 6.37. The van der Waals surface area contributed by atoms with Crippen molar-refractivity contribution >= 4 is 23.2 Å². The predicted molar refractivity (Wildman–Crippen MR) is 95.3 cm³/mol. The lowest BCUT2D eigenvalue weighted by atomic mass is 10.1. The second-order valence-corrected chi connectivity index (χ2v) is 5.48. The summed E-state index contributed by atoms with van der Waals surface area (Å²) in [6, 6.07) is 15.2. The van der Waals surface area contributed by atoms with Crippen molar-refractivity contribution in [3.8, 4) is 5.75 Å². The van der Waals surface area contributed by atoms with Gasteiger partial charge < -0.3 is 15.4 Å². The van der Waals surface area contributed by atoms with E-state index in [0.717, 1.165) is 12.8 Å². The van der Waals surface area contributed by atoms with E-state index in [1.165, 1.54) is 12.5 Å². The summed E-state index contributed by atoms with van der Waals surface area (Å²) < 4.78 is 5.25. The molecule has 126 valence electrons. The zero-order valence-electron chi connectivity index (χ0n) is 14.0. The van der Waals surface area contributed by atoms with E-state index in [1.54, 1.807) is 25.3 Å². The first kappa shape index (κ1) is 17.5. The van der Waals surface area contributed by atoms with Crippen LogP contribution in [0.2, 0.25) is 0 Å². The van der Waals surface area contributed by atoms with Crippen LogP contribution in [0.15, 0.2) is 48.5 Å². The van der Waals surface area contributed by atoms with E-state index >= 15 is 0 Å². The van der Waals surface area contributed by atoms with Crippen LogP contribution in [0.25, 0.3) is 0 Å². The van der Waals surface area contributed by atoms with Gasteiger partial charge in [0.25, 0.3) is 0 Å². The smallest absolute Gasteiger partial charge is 0.224 e. The highest BCUT2D eigenvalue weighted by Crippen LogP contribution is 2.28. The Labute approximate surface area is 142 Å². The van der Waals surface area contributed by atoms with E-state index in [-0.39, 0.29) is 11.8 Å². The molecule has 5 heteroatoms. The van der Waals surface area contributed by atoms with Gasteiger partial charge in [-0.25, -0.2) is 0 Å². The average Bonchev–Trinajstić information content (AvgIpc) is 2.55. The summed E-state index contributed by atoms with van der Waals surface area (Å²) in [7, 11) is 1.54. The second kappa shape index (κ2) is 8.72. The maximum atomic E-state index is 12.2. The van der Waals surface area contributed by atoms with Crippen molar-refractivity contribution in [3.63, 3.8) is 0 Å². The number of hydrogen-bond donors (Lipinski definition) is 2. The van der Waals surface area contributed by atoms with Gasteiger partial charge in [-0.2, -0.15) is 0 Å². The molecule has 0 unspecified atom stereocenters. The molecule has 0 aliphatic heterocycles. The van der Waals surface area contributed by atoms with Crippen LogP contribution in [-0.2, 0) is 16.0 Å². The van der Waals surface area contributed by atoms with E-state index in [4.69, 9.17) is 4.74 Å². The SMILES string of the molecule is COc1ccc(NC(C)=O)cc1NC(=O)CCCc1ccccc1. The van der Waals surface area contributed by atoms with Gasteiger partial charge in [0.15, 0.2) is 0 Å². The standard InChI is InChI=1S/C19H22N2O3/c1-14(22)20-16-11-12-18(24-2)17(13-16)21-19(23)10-6-9-15-7-4-3-5-8-15/h3-5,7-8,11-13H,6,9-10H2,1-2H3,(H,20,22)(H,21,23). The Balaban J connectivity index is 1.93. The number of amides is 2. The number of aryl methyl sites for hydroxylation is 1. The van der Waals surface area contributed by atoms with Gasteiger partial charge in [-0.1, -0.05) is 30.3 Å². The lowest BCUT2D eigenvalue weighted by Crippen LogP contribution is -2.13. The van der Waals surface area contributed by atoms with Gasteiger partial charge in [0.05, 0.1) is 12.8 Å². The largest absolute Gasteiger partial charge is 0.495 e. The fraction of sp³-hybridized carbons (Fsp3) is 0.263. The molecule has 0 saturated heterocycles. The summed E-state index contributed by atoms with van der Waals surface area (Å²) in [6.45, 7) is 1.44. The van der Waals surface area contributed by atoms with E-state index in [2.05, 4.69) is 22.8 Å². The molecule has 0 heterocycles. The summed E-state index contributed by atoms with van der Waals surface area (Å²) in [4.78, 5) is 23.3. The van der Waals surface area contributed by atoms with Crippen LogP contribution in [0, 0.1) is 0 Å². The Morgan fingerprint density at radius 3 is 2.46 bits per heavy atom. The van der Waals surface area contributed by atoms with E-state index in [1.807, 2.05) is 18.2 Å². The lowest BCUT2D eigenvalue weighted by Gasteiger charge is -2.12. The number of methoxy groups -OCH3 is 1. The fourth-order valence-corrected chi connectivity index (χ4v) is 2.40. The molecule has 5 nitrogen and oxygen atoms in total. The third-order valence-corrected chi connectivity index (χ3v) is 3.51. The molecule has 0 aliphatic carbocycles. The van der Waals surface area contributed by atoms with Crippen LogP contribution in [0.1, 0.15) is 25.3 Å². The Morgan fingerprint density at radius 2 is 1.79 bits per heavy atom. The molecule has 0 fully saturated rings. The van der Waals surface area contributed by atoms with Crippen molar-refractivity contribution in [2.45, 2.75) is 26.2 Å². The monoisotopic (exact) mass is 326 g/mol. The van der Waals surface area contributed by atoms with Gasteiger partial charge in [0, 0.05) is 19.0 Å². The van der Waals surface area contributed by atoms with Crippen molar-refractivity contribution in [1.29, 1.82) is 0 Å². The Morgan fingerprint density at radius 1 is 1.04 bits per heavy atom. The first-order chi connectivity index (χ1) is 11.6. The van der Waals surface area contributed by atoms with E-state index < -0.39 is 0 Å². The minimum atomic E-state index is -0.166. The van der Waals surface area contributed by atoms with Gasteiger partial charge in [-0.3, -0.25) is 9.59 Å². The summed E-state index contributed by atoms with van der Waals surface area (Å²) >= 11 is 0. The van der Waals surface area contributed by atoms with E-state index in [9.17, 15) is 9.59 Å². The van der Waals surface area contributed by atoms with Crippen molar-refractivity contribution < 1.29 is 14.3 Å². The van der Waals surface area contributed by atoms with E-state index in [0.29, 0.717) is 23.5 Å². The third kappa shape index (κ3) is 5.43. The number of carbonyl (C=O) groups is 2. The molecule has 2 aromatic carbocycles. The molecular formula is C19H22N2O3. The molecule has 0 aliphatic rings. The van der Waals surface area contributed by atoms with Crippen molar-refractivity contribution in [2.75, 3.05) is 17.7 Å². The van der Waals surface area contributed by atoms with Crippen molar-refractivity contribution in [1.82, 2.24) is 0 Å². The number of ether oxygens (including phenoxy) is 1. The van der Waals surface area contributed by atoms with Crippen molar-refractivity contribution in [3.05, 3.63) is 54.1 Å². The number of rotatable bonds is 7. The van der Waals surface area contributed by atoms with Gasteiger partial charge in [-0.15, -0.1) is 0 Å². The fourth-order valence-electron chi connectivity index (χ4n) is 2.40. The molecule has 0 spiro atoms. The quantitative estimate of drug-likeness (QED) is 0.816. The number of anilines is 2.